The van der Waals surface area contributed by atoms with Crippen LogP contribution in [-0.2, 0) is 0 Å². The van der Waals surface area contributed by atoms with Gasteiger partial charge in [0.1, 0.15) is 5.82 Å². The van der Waals surface area contributed by atoms with E-state index in [9.17, 15) is 0 Å². The van der Waals surface area contributed by atoms with E-state index in [2.05, 4.69) is 20.6 Å². The van der Waals surface area contributed by atoms with Crippen LogP contribution in [0, 0.1) is 0 Å². The van der Waals surface area contributed by atoms with Crippen LogP contribution in [-0.4, -0.2) is 29.1 Å². The summed E-state index contributed by atoms with van der Waals surface area (Å²) in [7, 11) is 0. The summed E-state index contributed by atoms with van der Waals surface area (Å²) in [6.07, 6.45) is 1.79. The lowest BCUT2D eigenvalue weighted by atomic mass is 10.2. The number of nitrogens with zero attached hydrogens (tertiary/aromatic N) is 2. The number of benzene rings is 1. The Morgan fingerprint density at radius 1 is 1.20 bits per heavy atom. The average Bonchev–Trinajstić information content (AvgIpc) is 2.23. The number of hydrogen-bond donors (Lipinski definition) is 2. The number of nitrogens with one attached hydrogen (secondary N) is 2. The second kappa shape index (κ2) is 3.47. The molecule has 0 amide bonds. The van der Waals surface area contributed by atoms with Crippen molar-refractivity contribution in [1.82, 2.24) is 15.3 Å². The lowest BCUT2D eigenvalue weighted by Gasteiger charge is -2.28. The maximum atomic E-state index is 4.50. The Bertz CT molecular complexity index is 479. The van der Waals surface area contributed by atoms with E-state index in [-0.39, 0.29) is 0 Å². The normalized spacial score (nSPS) is 16.3. The van der Waals surface area contributed by atoms with Gasteiger partial charge in [0, 0.05) is 13.1 Å². The van der Waals surface area contributed by atoms with Crippen molar-refractivity contribution < 1.29 is 0 Å². The molecular weight excluding hydrogens is 188 g/mol. The minimum atomic E-state index is 0.500. The van der Waals surface area contributed by atoms with Crippen LogP contribution in [0.3, 0.4) is 0 Å². The van der Waals surface area contributed by atoms with Crippen LogP contribution < -0.4 is 10.6 Å². The van der Waals surface area contributed by atoms with Gasteiger partial charge in [0.05, 0.1) is 23.3 Å². The molecule has 0 bridgehead atoms. The number of aromatic nitrogens is 2. The summed E-state index contributed by atoms with van der Waals surface area (Å²) in [6.45, 7) is 2.02. The van der Waals surface area contributed by atoms with Crippen molar-refractivity contribution in [3.63, 3.8) is 0 Å². The number of hydrogen-bond acceptors (Lipinski definition) is 4. The van der Waals surface area contributed by atoms with Gasteiger partial charge in [0.25, 0.3) is 0 Å². The fourth-order valence-electron chi connectivity index (χ4n) is 1.63. The first-order valence-electron chi connectivity index (χ1n) is 5.11. The first kappa shape index (κ1) is 8.61. The van der Waals surface area contributed by atoms with Gasteiger partial charge in [0.2, 0.25) is 0 Å². The molecule has 15 heavy (non-hydrogen) atoms. The quantitative estimate of drug-likeness (QED) is 0.759. The molecule has 4 heteroatoms. The largest absolute Gasteiger partial charge is 0.363 e. The van der Waals surface area contributed by atoms with E-state index in [1.165, 1.54) is 0 Å². The molecule has 76 valence electrons. The molecule has 0 unspecified atom stereocenters. The zero-order valence-electron chi connectivity index (χ0n) is 8.27. The third kappa shape index (κ3) is 1.64. The fourth-order valence-corrected chi connectivity index (χ4v) is 1.63. The monoisotopic (exact) mass is 200 g/mol. The molecule has 0 saturated carbocycles. The summed E-state index contributed by atoms with van der Waals surface area (Å²) in [5.74, 6) is 0.861. The van der Waals surface area contributed by atoms with Gasteiger partial charge in [-0.1, -0.05) is 12.1 Å². The van der Waals surface area contributed by atoms with Crippen molar-refractivity contribution in [2.45, 2.75) is 6.04 Å². The minimum absolute atomic E-state index is 0.500. The van der Waals surface area contributed by atoms with Gasteiger partial charge >= 0.3 is 0 Å². The molecule has 0 spiro atoms. The van der Waals surface area contributed by atoms with E-state index in [0.29, 0.717) is 6.04 Å². The second-order valence-corrected chi connectivity index (χ2v) is 3.74. The van der Waals surface area contributed by atoms with Crippen LogP contribution >= 0.6 is 0 Å². The van der Waals surface area contributed by atoms with E-state index in [1.54, 1.807) is 6.20 Å². The summed E-state index contributed by atoms with van der Waals surface area (Å²) in [5, 5.41) is 6.54. The molecule has 4 nitrogen and oxygen atoms in total. The average molecular weight is 200 g/mol. The first-order chi connectivity index (χ1) is 7.42. The topological polar surface area (TPSA) is 49.8 Å². The molecule has 0 atom stereocenters. The Hall–Kier alpha value is -1.68. The van der Waals surface area contributed by atoms with Crippen LogP contribution in [0.1, 0.15) is 0 Å². The molecule has 2 aromatic rings. The maximum Gasteiger partial charge on any atom is 0.145 e. The van der Waals surface area contributed by atoms with Gasteiger partial charge in [-0.25, -0.2) is 4.98 Å². The number of anilines is 1. The van der Waals surface area contributed by atoms with Crippen molar-refractivity contribution in [3.05, 3.63) is 30.5 Å². The van der Waals surface area contributed by atoms with Gasteiger partial charge < -0.3 is 10.6 Å². The highest BCUT2D eigenvalue weighted by atomic mass is 15.1. The smallest absolute Gasteiger partial charge is 0.145 e. The first-order valence-corrected chi connectivity index (χ1v) is 5.11. The predicted octanol–water partition coefficient (Wildman–Crippen LogP) is 1.01. The molecule has 1 fully saturated rings. The molecule has 1 aromatic heterocycles. The summed E-state index contributed by atoms with van der Waals surface area (Å²) in [4.78, 5) is 8.84. The van der Waals surface area contributed by atoms with Crippen molar-refractivity contribution in [1.29, 1.82) is 0 Å². The van der Waals surface area contributed by atoms with Crippen LogP contribution in [0.25, 0.3) is 11.0 Å². The predicted molar refractivity (Wildman–Crippen MR) is 59.8 cm³/mol. The van der Waals surface area contributed by atoms with Crippen LogP contribution in [0.5, 0.6) is 0 Å². The number of rotatable bonds is 2. The highest BCUT2D eigenvalue weighted by molar-refractivity contribution is 5.75. The van der Waals surface area contributed by atoms with Gasteiger partial charge in [0.15, 0.2) is 0 Å². The van der Waals surface area contributed by atoms with Gasteiger partial charge in [-0.05, 0) is 12.1 Å². The van der Waals surface area contributed by atoms with Crippen molar-refractivity contribution in [2.75, 3.05) is 18.4 Å². The van der Waals surface area contributed by atoms with Gasteiger partial charge in [-0.15, -0.1) is 0 Å². The summed E-state index contributed by atoms with van der Waals surface area (Å²) in [6, 6.07) is 8.40. The number of fused-ring (bicyclic) bond motifs is 1. The Morgan fingerprint density at radius 3 is 2.73 bits per heavy atom. The van der Waals surface area contributed by atoms with Crippen LogP contribution in [0.2, 0.25) is 0 Å². The number of para-hydroxylation sites is 2. The third-order valence-electron chi connectivity index (χ3n) is 2.58. The summed E-state index contributed by atoms with van der Waals surface area (Å²) >= 11 is 0. The Kier molecular flexibility index (Phi) is 1.99. The standard InChI is InChI=1S/C11H12N4/c1-2-4-10-9(3-1)13-7-11(15-10)14-8-5-12-6-8/h1-4,7-8,12H,5-6H2,(H,14,15). The highest BCUT2D eigenvalue weighted by Gasteiger charge is 2.16. The molecule has 1 aliphatic rings. The SMILES string of the molecule is c1ccc2nc(NC3CNC3)cnc2c1. The van der Waals surface area contributed by atoms with E-state index in [4.69, 9.17) is 0 Å². The lowest BCUT2D eigenvalue weighted by Crippen LogP contribution is -2.51. The fraction of sp³-hybridized carbons (Fsp3) is 0.273. The van der Waals surface area contributed by atoms with Crippen molar-refractivity contribution in [2.24, 2.45) is 0 Å². The molecule has 2 N–H and O–H groups in total. The maximum absolute atomic E-state index is 4.50. The van der Waals surface area contributed by atoms with Gasteiger partial charge in [-0.3, -0.25) is 4.98 Å². The van der Waals surface area contributed by atoms with Gasteiger partial charge in [-0.2, -0.15) is 0 Å². The molecule has 1 saturated heterocycles. The Labute approximate surface area is 87.7 Å². The van der Waals surface area contributed by atoms with E-state index in [0.717, 1.165) is 29.9 Å². The zero-order chi connectivity index (χ0) is 10.1. The van der Waals surface area contributed by atoms with Crippen LogP contribution in [0.15, 0.2) is 30.5 Å². The van der Waals surface area contributed by atoms with Crippen molar-refractivity contribution >= 4 is 16.9 Å². The molecule has 3 rings (SSSR count). The van der Waals surface area contributed by atoms with Crippen molar-refractivity contribution in [3.8, 4) is 0 Å². The second-order valence-electron chi connectivity index (χ2n) is 3.74. The lowest BCUT2D eigenvalue weighted by molar-refractivity contribution is 0.471. The molecular formula is C11H12N4. The Balaban J connectivity index is 1.91. The zero-order valence-corrected chi connectivity index (χ0v) is 8.27. The molecule has 0 radical (unpaired) electrons. The summed E-state index contributed by atoms with van der Waals surface area (Å²) < 4.78 is 0. The molecule has 1 aromatic carbocycles. The minimum Gasteiger partial charge on any atom is -0.363 e. The van der Waals surface area contributed by atoms with E-state index >= 15 is 0 Å². The molecule has 2 heterocycles. The third-order valence-corrected chi connectivity index (χ3v) is 2.58. The molecule has 1 aliphatic heterocycles. The Morgan fingerprint density at radius 2 is 2.00 bits per heavy atom. The van der Waals surface area contributed by atoms with Crippen LogP contribution in [0.4, 0.5) is 5.82 Å². The van der Waals surface area contributed by atoms with E-state index in [1.807, 2.05) is 24.3 Å². The van der Waals surface area contributed by atoms with E-state index < -0.39 is 0 Å². The molecule has 0 aliphatic carbocycles. The summed E-state index contributed by atoms with van der Waals surface area (Å²) in [5.41, 5.74) is 1.88. The highest BCUT2D eigenvalue weighted by Crippen LogP contribution is 2.12.